The zero-order valence-corrected chi connectivity index (χ0v) is 13.5. The number of aliphatic carboxylic acids is 1. The lowest BCUT2D eigenvalue weighted by Crippen LogP contribution is -2.28. The molecule has 21 heavy (non-hydrogen) atoms. The molecular formula is C17H27NO3. The molecule has 0 aromatic heterocycles. The Morgan fingerprint density at radius 1 is 1.33 bits per heavy atom. The van der Waals surface area contributed by atoms with Crippen molar-refractivity contribution >= 4 is 5.97 Å². The van der Waals surface area contributed by atoms with Crippen molar-refractivity contribution in [3.05, 3.63) is 29.3 Å². The third-order valence-electron chi connectivity index (χ3n) is 3.43. The van der Waals surface area contributed by atoms with Crippen LogP contribution >= 0.6 is 0 Å². The summed E-state index contributed by atoms with van der Waals surface area (Å²) >= 11 is 0. The molecule has 0 heterocycles. The van der Waals surface area contributed by atoms with Crippen molar-refractivity contribution in [3.63, 3.8) is 0 Å². The minimum atomic E-state index is -0.904. The number of nitrogens with one attached hydrogen (secondary N) is 1. The molecule has 0 radical (unpaired) electrons. The summed E-state index contributed by atoms with van der Waals surface area (Å²) in [4.78, 5) is 11.3. The van der Waals surface area contributed by atoms with Gasteiger partial charge in [-0.15, -0.1) is 0 Å². The van der Waals surface area contributed by atoms with Crippen LogP contribution in [0.15, 0.2) is 18.2 Å². The van der Waals surface area contributed by atoms with E-state index in [-0.39, 0.29) is 6.04 Å². The lowest BCUT2D eigenvalue weighted by atomic mass is 10.0. The largest absolute Gasteiger partial charge is 0.479 e. The van der Waals surface area contributed by atoms with Crippen LogP contribution in [0.3, 0.4) is 0 Å². The van der Waals surface area contributed by atoms with Crippen LogP contribution in [0, 0.1) is 6.92 Å². The average Bonchev–Trinajstić information content (AvgIpc) is 2.44. The van der Waals surface area contributed by atoms with Gasteiger partial charge in [0.1, 0.15) is 5.75 Å². The Balaban J connectivity index is 2.97. The maximum absolute atomic E-state index is 11.3. The molecule has 0 bridgehead atoms. The standard InChI is InChI=1S/C17H27NO3/c1-5-7-15(17(19)20)21-16-11-12(3)8-9-14(16)13(4)18-10-6-2/h8-9,11,13,15,18H,5-7,10H2,1-4H3,(H,19,20). The average molecular weight is 293 g/mol. The molecule has 1 aromatic rings. The van der Waals surface area contributed by atoms with E-state index in [1.54, 1.807) is 0 Å². The van der Waals surface area contributed by atoms with E-state index in [2.05, 4.69) is 19.2 Å². The first-order valence-electron chi connectivity index (χ1n) is 7.72. The third kappa shape index (κ3) is 5.38. The zero-order chi connectivity index (χ0) is 15.8. The Morgan fingerprint density at radius 3 is 2.62 bits per heavy atom. The van der Waals surface area contributed by atoms with Crippen molar-refractivity contribution < 1.29 is 14.6 Å². The van der Waals surface area contributed by atoms with Crippen molar-refractivity contribution in [1.29, 1.82) is 0 Å². The Bertz CT molecular complexity index is 459. The summed E-state index contributed by atoms with van der Waals surface area (Å²) in [5.41, 5.74) is 2.08. The number of rotatable bonds is 9. The van der Waals surface area contributed by atoms with Crippen molar-refractivity contribution in [2.24, 2.45) is 0 Å². The summed E-state index contributed by atoms with van der Waals surface area (Å²) in [6, 6.07) is 6.10. The van der Waals surface area contributed by atoms with Gasteiger partial charge in [0, 0.05) is 11.6 Å². The summed E-state index contributed by atoms with van der Waals surface area (Å²) in [7, 11) is 0. The molecule has 2 unspecified atom stereocenters. The van der Waals surface area contributed by atoms with E-state index in [1.807, 2.05) is 32.0 Å². The van der Waals surface area contributed by atoms with Crippen LogP contribution in [0.2, 0.25) is 0 Å². The summed E-state index contributed by atoms with van der Waals surface area (Å²) in [5.74, 6) is -0.231. The van der Waals surface area contributed by atoms with Crippen molar-refractivity contribution in [2.75, 3.05) is 6.54 Å². The normalized spacial score (nSPS) is 13.7. The molecule has 0 spiro atoms. The first-order valence-corrected chi connectivity index (χ1v) is 7.72. The fraction of sp³-hybridized carbons (Fsp3) is 0.588. The second-order valence-electron chi connectivity index (χ2n) is 5.45. The molecule has 0 aliphatic carbocycles. The molecule has 0 amide bonds. The Labute approximate surface area is 127 Å². The first kappa shape index (κ1) is 17.5. The number of carbonyl (C=O) groups is 1. The summed E-state index contributed by atoms with van der Waals surface area (Å²) < 4.78 is 5.79. The highest BCUT2D eigenvalue weighted by atomic mass is 16.5. The van der Waals surface area contributed by atoms with Gasteiger partial charge in [-0.05, 0) is 44.9 Å². The highest BCUT2D eigenvalue weighted by Gasteiger charge is 2.21. The molecule has 2 atom stereocenters. The predicted octanol–water partition coefficient (Wildman–Crippen LogP) is 3.69. The molecule has 2 N–H and O–H groups in total. The van der Waals surface area contributed by atoms with Crippen LogP contribution in [0.4, 0.5) is 0 Å². The molecular weight excluding hydrogens is 266 g/mol. The summed E-state index contributed by atoms with van der Waals surface area (Å²) in [5, 5.41) is 12.7. The van der Waals surface area contributed by atoms with Gasteiger partial charge < -0.3 is 15.2 Å². The van der Waals surface area contributed by atoms with E-state index < -0.39 is 12.1 Å². The lowest BCUT2D eigenvalue weighted by molar-refractivity contribution is -0.145. The zero-order valence-electron chi connectivity index (χ0n) is 13.5. The number of ether oxygens (including phenoxy) is 1. The molecule has 0 aliphatic rings. The maximum atomic E-state index is 11.3. The van der Waals surface area contributed by atoms with Gasteiger partial charge in [-0.2, -0.15) is 0 Å². The van der Waals surface area contributed by atoms with Gasteiger partial charge in [0.15, 0.2) is 6.10 Å². The van der Waals surface area contributed by atoms with Crippen molar-refractivity contribution in [2.45, 2.75) is 59.1 Å². The highest BCUT2D eigenvalue weighted by molar-refractivity contribution is 5.72. The van der Waals surface area contributed by atoms with Gasteiger partial charge in [0.05, 0.1) is 0 Å². The third-order valence-corrected chi connectivity index (χ3v) is 3.43. The molecule has 4 heteroatoms. The monoisotopic (exact) mass is 293 g/mol. The van der Waals surface area contributed by atoms with Crippen LogP contribution in [0.25, 0.3) is 0 Å². The molecule has 0 saturated heterocycles. The minimum absolute atomic E-state index is 0.136. The summed E-state index contributed by atoms with van der Waals surface area (Å²) in [6.45, 7) is 9.06. The molecule has 0 fully saturated rings. The number of benzene rings is 1. The highest BCUT2D eigenvalue weighted by Crippen LogP contribution is 2.28. The van der Waals surface area contributed by atoms with Gasteiger partial charge in [0.25, 0.3) is 0 Å². The molecule has 1 aromatic carbocycles. The van der Waals surface area contributed by atoms with E-state index in [1.165, 1.54) is 0 Å². The van der Waals surface area contributed by atoms with Crippen molar-refractivity contribution in [3.8, 4) is 5.75 Å². The van der Waals surface area contributed by atoms with Crippen molar-refractivity contribution in [1.82, 2.24) is 5.32 Å². The Kier molecular flexibility index (Phi) is 7.23. The predicted molar refractivity (Wildman–Crippen MR) is 84.8 cm³/mol. The van der Waals surface area contributed by atoms with E-state index in [0.717, 1.165) is 30.5 Å². The van der Waals surface area contributed by atoms with Gasteiger partial charge in [0.2, 0.25) is 0 Å². The minimum Gasteiger partial charge on any atom is -0.479 e. The van der Waals surface area contributed by atoms with E-state index in [0.29, 0.717) is 12.2 Å². The second-order valence-corrected chi connectivity index (χ2v) is 5.45. The lowest BCUT2D eigenvalue weighted by Gasteiger charge is -2.21. The van der Waals surface area contributed by atoms with Crippen LogP contribution in [0.5, 0.6) is 5.75 Å². The molecule has 1 rings (SSSR count). The van der Waals surface area contributed by atoms with Gasteiger partial charge in [-0.25, -0.2) is 4.79 Å². The van der Waals surface area contributed by atoms with E-state index in [4.69, 9.17) is 4.74 Å². The van der Waals surface area contributed by atoms with E-state index in [9.17, 15) is 9.90 Å². The van der Waals surface area contributed by atoms with Crippen LogP contribution in [-0.4, -0.2) is 23.7 Å². The fourth-order valence-electron chi connectivity index (χ4n) is 2.22. The van der Waals surface area contributed by atoms with E-state index >= 15 is 0 Å². The molecule has 0 saturated carbocycles. The molecule has 118 valence electrons. The number of hydrogen-bond donors (Lipinski definition) is 2. The number of carboxylic acids is 1. The maximum Gasteiger partial charge on any atom is 0.344 e. The second kappa shape index (κ2) is 8.67. The molecule has 0 aliphatic heterocycles. The Morgan fingerprint density at radius 2 is 2.05 bits per heavy atom. The van der Waals surface area contributed by atoms with Gasteiger partial charge >= 0.3 is 5.97 Å². The smallest absolute Gasteiger partial charge is 0.344 e. The summed E-state index contributed by atoms with van der Waals surface area (Å²) in [6.07, 6.45) is 1.57. The molecule has 4 nitrogen and oxygen atoms in total. The van der Waals surface area contributed by atoms with Crippen LogP contribution < -0.4 is 10.1 Å². The van der Waals surface area contributed by atoms with Crippen LogP contribution in [0.1, 0.15) is 57.2 Å². The van der Waals surface area contributed by atoms with Gasteiger partial charge in [-0.3, -0.25) is 0 Å². The number of hydrogen-bond acceptors (Lipinski definition) is 3. The fourth-order valence-corrected chi connectivity index (χ4v) is 2.22. The topological polar surface area (TPSA) is 58.6 Å². The number of aryl methyl sites for hydroxylation is 1. The van der Waals surface area contributed by atoms with Gasteiger partial charge in [-0.1, -0.05) is 32.4 Å². The SMILES string of the molecule is CCCNC(C)c1ccc(C)cc1OC(CCC)C(=O)O. The first-order chi connectivity index (χ1) is 9.99. The van der Waals surface area contributed by atoms with Crippen LogP contribution in [-0.2, 0) is 4.79 Å². The Hall–Kier alpha value is -1.55. The quantitative estimate of drug-likeness (QED) is 0.729. The number of carboxylic acid groups (broad SMARTS) is 1.